The van der Waals surface area contributed by atoms with E-state index in [0.717, 1.165) is 17.9 Å². The summed E-state index contributed by atoms with van der Waals surface area (Å²) in [4.78, 5) is 4.43. The summed E-state index contributed by atoms with van der Waals surface area (Å²) in [5.74, 6) is 0. The second-order valence-electron chi connectivity index (χ2n) is 4.41. The van der Waals surface area contributed by atoms with Crippen molar-refractivity contribution >= 4 is 0 Å². The maximum Gasteiger partial charge on any atom is 0.231 e. The maximum absolute atomic E-state index is 4.43. The molecular formula is C17H15N2+. The van der Waals surface area contributed by atoms with E-state index in [1.165, 1.54) is 5.56 Å². The molecule has 2 aromatic heterocycles. The van der Waals surface area contributed by atoms with Crippen molar-refractivity contribution in [3.63, 3.8) is 0 Å². The maximum atomic E-state index is 4.43. The second kappa shape index (κ2) is 5.44. The van der Waals surface area contributed by atoms with E-state index in [1.54, 1.807) is 0 Å². The van der Waals surface area contributed by atoms with Crippen LogP contribution < -0.4 is 4.57 Å². The molecule has 92 valence electrons. The molecule has 0 amide bonds. The van der Waals surface area contributed by atoms with Gasteiger partial charge in [0.1, 0.15) is 5.69 Å². The molecule has 0 aliphatic rings. The Bertz CT molecular complexity index is 648. The molecule has 0 spiro atoms. The van der Waals surface area contributed by atoms with E-state index in [9.17, 15) is 0 Å². The summed E-state index contributed by atoms with van der Waals surface area (Å²) in [6.07, 6.45) is 3.92. The van der Waals surface area contributed by atoms with Crippen molar-refractivity contribution in [2.24, 2.45) is 0 Å². The SMILES string of the molecule is c1ccc(C[n+]2ccccc2-c2ccccn2)cc1. The van der Waals surface area contributed by atoms with Gasteiger partial charge in [0.05, 0.1) is 0 Å². The first-order valence-corrected chi connectivity index (χ1v) is 6.37. The third-order valence-corrected chi connectivity index (χ3v) is 3.06. The van der Waals surface area contributed by atoms with Crippen molar-refractivity contribution in [1.29, 1.82) is 0 Å². The Morgan fingerprint density at radius 1 is 0.789 bits per heavy atom. The van der Waals surface area contributed by atoms with E-state index < -0.39 is 0 Å². The summed E-state index contributed by atoms with van der Waals surface area (Å²) in [5, 5.41) is 0. The molecular weight excluding hydrogens is 232 g/mol. The minimum atomic E-state index is 0.855. The molecule has 0 atom stereocenters. The van der Waals surface area contributed by atoms with Crippen molar-refractivity contribution < 1.29 is 4.57 Å². The Balaban J connectivity index is 1.99. The van der Waals surface area contributed by atoms with Crippen LogP contribution in [0.2, 0.25) is 0 Å². The van der Waals surface area contributed by atoms with Crippen LogP contribution in [0.5, 0.6) is 0 Å². The fourth-order valence-electron chi connectivity index (χ4n) is 2.14. The number of hydrogen-bond acceptors (Lipinski definition) is 1. The van der Waals surface area contributed by atoms with Gasteiger partial charge in [0.15, 0.2) is 12.7 Å². The van der Waals surface area contributed by atoms with E-state index in [1.807, 2.05) is 36.5 Å². The van der Waals surface area contributed by atoms with E-state index >= 15 is 0 Å². The molecule has 0 radical (unpaired) electrons. The van der Waals surface area contributed by atoms with Gasteiger partial charge in [-0.25, -0.2) is 4.98 Å². The number of aromatic nitrogens is 2. The lowest BCUT2D eigenvalue weighted by atomic mass is 10.2. The van der Waals surface area contributed by atoms with Gasteiger partial charge < -0.3 is 0 Å². The van der Waals surface area contributed by atoms with Crippen LogP contribution >= 0.6 is 0 Å². The van der Waals surface area contributed by atoms with Gasteiger partial charge in [-0.3, -0.25) is 0 Å². The first-order valence-electron chi connectivity index (χ1n) is 6.37. The van der Waals surface area contributed by atoms with Gasteiger partial charge in [-0.2, -0.15) is 4.57 Å². The largest absolute Gasteiger partial charge is 0.250 e. The molecule has 3 aromatic rings. The zero-order valence-corrected chi connectivity index (χ0v) is 10.6. The van der Waals surface area contributed by atoms with Gasteiger partial charge in [-0.15, -0.1) is 0 Å². The Morgan fingerprint density at radius 2 is 1.58 bits per heavy atom. The van der Waals surface area contributed by atoms with Crippen LogP contribution in [0, 0.1) is 0 Å². The van der Waals surface area contributed by atoms with Crippen molar-refractivity contribution in [1.82, 2.24) is 4.98 Å². The molecule has 1 aromatic carbocycles. The quantitative estimate of drug-likeness (QED) is 0.650. The van der Waals surface area contributed by atoms with E-state index in [4.69, 9.17) is 0 Å². The molecule has 2 heterocycles. The van der Waals surface area contributed by atoms with Gasteiger partial charge >= 0.3 is 0 Å². The van der Waals surface area contributed by atoms with Crippen LogP contribution in [-0.4, -0.2) is 4.98 Å². The third-order valence-electron chi connectivity index (χ3n) is 3.06. The van der Waals surface area contributed by atoms with E-state index in [0.29, 0.717) is 0 Å². The molecule has 0 saturated heterocycles. The normalized spacial score (nSPS) is 10.3. The number of rotatable bonds is 3. The summed E-state index contributed by atoms with van der Waals surface area (Å²) in [6, 6.07) is 22.7. The van der Waals surface area contributed by atoms with Gasteiger partial charge in [-0.1, -0.05) is 36.4 Å². The molecule has 0 N–H and O–H groups in total. The molecule has 0 unspecified atom stereocenters. The summed E-state index contributed by atoms with van der Waals surface area (Å²) < 4.78 is 2.22. The van der Waals surface area contributed by atoms with Gasteiger partial charge in [0.25, 0.3) is 0 Å². The van der Waals surface area contributed by atoms with Crippen molar-refractivity contribution in [3.8, 4) is 11.4 Å². The molecule has 0 fully saturated rings. The average Bonchev–Trinajstić information content (AvgIpc) is 2.50. The van der Waals surface area contributed by atoms with Gasteiger partial charge in [0, 0.05) is 23.9 Å². The zero-order valence-electron chi connectivity index (χ0n) is 10.6. The molecule has 0 saturated carbocycles. The predicted octanol–water partition coefficient (Wildman–Crippen LogP) is 3.08. The lowest BCUT2D eigenvalue weighted by Gasteiger charge is -2.03. The molecule has 0 aliphatic carbocycles. The highest BCUT2D eigenvalue weighted by Crippen LogP contribution is 2.11. The minimum Gasteiger partial charge on any atom is -0.250 e. The van der Waals surface area contributed by atoms with Crippen LogP contribution in [0.15, 0.2) is 79.1 Å². The topological polar surface area (TPSA) is 16.8 Å². The smallest absolute Gasteiger partial charge is 0.231 e. The second-order valence-corrected chi connectivity index (χ2v) is 4.41. The van der Waals surface area contributed by atoms with E-state index in [2.05, 4.69) is 52.1 Å². The number of hydrogen-bond donors (Lipinski definition) is 0. The van der Waals surface area contributed by atoms with Crippen LogP contribution in [0.1, 0.15) is 5.56 Å². The standard InChI is InChI=1S/C17H15N2/c1-2-8-15(9-3-1)14-19-13-7-5-11-17(19)16-10-4-6-12-18-16/h1-13H,14H2/q+1. The summed E-state index contributed by atoms with van der Waals surface area (Å²) in [5.41, 5.74) is 3.42. The van der Waals surface area contributed by atoms with Crippen LogP contribution in [0.25, 0.3) is 11.4 Å². The number of nitrogens with zero attached hydrogens (tertiary/aromatic N) is 2. The monoisotopic (exact) mass is 247 g/mol. The molecule has 0 bridgehead atoms. The molecule has 2 heteroatoms. The Hall–Kier alpha value is -2.48. The number of benzene rings is 1. The Morgan fingerprint density at radius 3 is 2.37 bits per heavy atom. The molecule has 19 heavy (non-hydrogen) atoms. The van der Waals surface area contributed by atoms with Gasteiger partial charge in [0.2, 0.25) is 5.69 Å². The first kappa shape index (κ1) is 11.6. The Labute approximate surface area is 113 Å². The fourth-order valence-corrected chi connectivity index (χ4v) is 2.14. The summed E-state index contributed by atoms with van der Waals surface area (Å²) >= 11 is 0. The van der Waals surface area contributed by atoms with E-state index in [-0.39, 0.29) is 0 Å². The van der Waals surface area contributed by atoms with Crippen LogP contribution in [0.3, 0.4) is 0 Å². The molecule has 3 rings (SSSR count). The fraction of sp³-hybridized carbons (Fsp3) is 0.0588. The highest BCUT2D eigenvalue weighted by molar-refractivity contribution is 5.49. The minimum absolute atomic E-state index is 0.855. The lowest BCUT2D eigenvalue weighted by Crippen LogP contribution is -2.36. The highest BCUT2D eigenvalue weighted by atomic mass is 15.0. The Kier molecular flexibility index (Phi) is 3.32. The third kappa shape index (κ3) is 2.68. The summed E-state index contributed by atoms with van der Waals surface area (Å²) in [6.45, 7) is 0.855. The average molecular weight is 247 g/mol. The first-order chi connectivity index (χ1) is 9.43. The predicted molar refractivity (Wildman–Crippen MR) is 75.4 cm³/mol. The highest BCUT2D eigenvalue weighted by Gasteiger charge is 2.13. The lowest BCUT2D eigenvalue weighted by molar-refractivity contribution is -0.677. The summed E-state index contributed by atoms with van der Waals surface area (Å²) in [7, 11) is 0. The number of pyridine rings is 2. The zero-order chi connectivity index (χ0) is 12.9. The molecule has 0 aliphatic heterocycles. The molecule has 2 nitrogen and oxygen atoms in total. The van der Waals surface area contributed by atoms with Crippen LogP contribution in [-0.2, 0) is 6.54 Å². The van der Waals surface area contributed by atoms with Crippen molar-refractivity contribution in [2.45, 2.75) is 6.54 Å². The van der Waals surface area contributed by atoms with Gasteiger partial charge in [-0.05, 0) is 18.2 Å². The van der Waals surface area contributed by atoms with Crippen molar-refractivity contribution in [2.75, 3.05) is 0 Å². The van der Waals surface area contributed by atoms with Crippen LogP contribution in [0.4, 0.5) is 0 Å². The van der Waals surface area contributed by atoms with Crippen molar-refractivity contribution in [3.05, 3.63) is 84.7 Å².